The van der Waals surface area contributed by atoms with Crippen molar-refractivity contribution >= 4 is 17.7 Å². The van der Waals surface area contributed by atoms with E-state index in [1.54, 1.807) is 20.8 Å². The first-order valence-electron chi connectivity index (χ1n) is 11.5. The molecule has 0 spiro atoms. The van der Waals surface area contributed by atoms with Gasteiger partial charge in [-0.1, -0.05) is 20.8 Å². The molecule has 3 atom stereocenters. The molecule has 0 radical (unpaired) electrons. The average molecular weight is 522 g/mol. The van der Waals surface area contributed by atoms with Gasteiger partial charge in [0.15, 0.2) is 23.0 Å². The number of nitrogens with zero attached hydrogens (tertiary/aromatic N) is 1. The Hall–Kier alpha value is -2.89. The van der Waals surface area contributed by atoms with Crippen LogP contribution in [-0.4, -0.2) is 61.6 Å². The Balaban J connectivity index is 2.81. The summed E-state index contributed by atoms with van der Waals surface area (Å²) in [7, 11) is 1.36. The second-order valence-electron chi connectivity index (χ2n) is 8.56. The first-order valence-corrected chi connectivity index (χ1v) is 11.5. The van der Waals surface area contributed by atoms with Crippen LogP contribution in [0.4, 0.5) is 13.2 Å². The van der Waals surface area contributed by atoms with Crippen LogP contribution in [0.1, 0.15) is 64.4 Å². The minimum atomic E-state index is -4.26. The van der Waals surface area contributed by atoms with Gasteiger partial charge in [0.05, 0.1) is 19.1 Å². The van der Waals surface area contributed by atoms with E-state index in [4.69, 9.17) is 23.7 Å². The highest BCUT2D eigenvalue weighted by molar-refractivity contribution is 5.99. The van der Waals surface area contributed by atoms with Crippen molar-refractivity contribution in [3.8, 4) is 11.5 Å². The van der Waals surface area contributed by atoms with Crippen molar-refractivity contribution in [3.63, 3.8) is 0 Å². The summed E-state index contributed by atoms with van der Waals surface area (Å²) >= 11 is 0. The Morgan fingerprint density at radius 1 is 1.11 bits per heavy atom. The van der Waals surface area contributed by atoms with Gasteiger partial charge in [0, 0.05) is 38.6 Å². The van der Waals surface area contributed by atoms with Crippen LogP contribution in [0.15, 0.2) is 12.3 Å². The van der Waals surface area contributed by atoms with Crippen LogP contribution in [0, 0.1) is 11.8 Å². The van der Waals surface area contributed by atoms with E-state index in [0.717, 1.165) is 0 Å². The van der Waals surface area contributed by atoms with Gasteiger partial charge in [-0.3, -0.25) is 14.4 Å². The molecule has 0 aromatic carbocycles. The molecule has 0 aliphatic rings. The third kappa shape index (κ3) is 10.8. The minimum absolute atomic E-state index is 0.0345. The van der Waals surface area contributed by atoms with Gasteiger partial charge in [-0.2, -0.15) is 13.2 Å². The molecule has 36 heavy (non-hydrogen) atoms. The van der Waals surface area contributed by atoms with E-state index in [1.165, 1.54) is 33.2 Å². The maximum Gasteiger partial charge on any atom is 0.389 e. The Morgan fingerprint density at radius 2 is 1.78 bits per heavy atom. The molecule has 9 nitrogen and oxygen atoms in total. The molecule has 0 N–H and O–H groups in total. The molecule has 1 aromatic rings. The summed E-state index contributed by atoms with van der Waals surface area (Å²) in [4.78, 5) is 40.7. The van der Waals surface area contributed by atoms with Crippen molar-refractivity contribution in [2.45, 2.75) is 72.3 Å². The third-order valence-corrected chi connectivity index (χ3v) is 5.07. The fourth-order valence-corrected chi connectivity index (χ4v) is 3.22. The normalized spacial score (nSPS) is 14.1. The lowest BCUT2D eigenvalue weighted by Gasteiger charge is -2.28. The summed E-state index contributed by atoms with van der Waals surface area (Å²) in [5.74, 6) is -2.69. The van der Waals surface area contributed by atoms with Gasteiger partial charge in [0.1, 0.15) is 6.10 Å². The van der Waals surface area contributed by atoms with E-state index in [0.29, 0.717) is 0 Å². The zero-order valence-electron chi connectivity index (χ0n) is 21.3. The van der Waals surface area contributed by atoms with Gasteiger partial charge in [0.2, 0.25) is 6.79 Å². The summed E-state index contributed by atoms with van der Waals surface area (Å²) in [5, 5.41) is 0. The molecule has 0 bridgehead atoms. The zero-order valence-corrected chi connectivity index (χ0v) is 21.3. The number of carbonyl (C=O) groups is 3. The van der Waals surface area contributed by atoms with Crippen LogP contribution in [0.25, 0.3) is 0 Å². The topological polar surface area (TPSA) is 110 Å². The number of hydrogen-bond acceptors (Lipinski definition) is 9. The van der Waals surface area contributed by atoms with Gasteiger partial charge in [0.25, 0.3) is 0 Å². The Morgan fingerprint density at radius 3 is 2.33 bits per heavy atom. The number of alkyl halides is 3. The number of pyridine rings is 1. The zero-order chi connectivity index (χ0) is 27.5. The van der Waals surface area contributed by atoms with E-state index < -0.39 is 55.2 Å². The smallest absolute Gasteiger partial charge is 0.389 e. The Kier molecular flexibility index (Phi) is 12.6. The number of rotatable bonds is 15. The molecule has 0 saturated carbocycles. The van der Waals surface area contributed by atoms with Gasteiger partial charge in [-0.15, -0.1) is 0 Å². The van der Waals surface area contributed by atoms with Gasteiger partial charge in [-0.25, -0.2) is 4.98 Å². The molecule has 0 amide bonds. The van der Waals surface area contributed by atoms with Crippen molar-refractivity contribution < 1.29 is 51.2 Å². The summed E-state index contributed by atoms with van der Waals surface area (Å²) in [6.45, 7) is 7.30. The number of ketones is 1. The fourth-order valence-electron chi connectivity index (χ4n) is 3.22. The van der Waals surface area contributed by atoms with E-state index >= 15 is 0 Å². The number of ether oxygens (including phenoxy) is 5. The van der Waals surface area contributed by atoms with E-state index in [-0.39, 0.29) is 42.6 Å². The first-order chi connectivity index (χ1) is 16.8. The van der Waals surface area contributed by atoms with Crippen LogP contribution in [0.5, 0.6) is 11.5 Å². The molecular weight excluding hydrogens is 487 g/mol. The molecule has 204 valence electrons. The van der Waals surface area contributed by atoms with Gasteiger partial charge in [-0.05, 0) is 19.3 Å². The number of methoxy groups -OCH3 is 1. The lowest BCUT2D eigenvalue weighted by Crippen LogP contribution is -2.37. The second-order valence-corrected chi connectivity index (χ2v) is 8.56. The summed E-state index contributed by atoms with van der Waals surface area (Å²) < 4.78 is 63.3. The summed E-state index contributed by atoms with van der Waals surface area (Å²) in [6, 6.07) is 1.46. The minimum Gasteiger partial charge on any atom is -0.493 e. The van der Waals surface area contributed by atoms with Crippen molar-refractivity contribution in [2.24, 2.45) is 11.8 Å². The standard InChI is InChI=1S/C24H34F3NO8/c1-14(2)21(16(4)33-11-7-9-24(25,26)27)36-23(31)15(3)12-18(30)20-22(35-13-34-17(5)29)19(32-6)8-10-28-20/h8,10,14-16,21H,7,9,11-13H2,1-6H3/t15-,16+,21+/m1/s1. The molecule has 0 aliphatic heterocycles. The van der Waals surface area contributed by atoms with Crippen LogP contribution < -0.4 is 9.47 Å². The van der Waals surface area contributed by atoms with Crippen molar-refractivity contribution in [1.29, 1.82) is 0 Å². The molecule has 1 rings (SSSR count). The molecule has 0 unspecified atom stereocenters. The van der Waals surface area contributed by atoms with E-state index in [9.17, 15) is 27.6 Å². The number of Topliss-reactive ketones (excluding diaryl/α,β-unsaturated/α-hetero) is 1. The van der Waals surface area contributed by atoms with Crippen LogP contribution >= 0.6 is 0 Å². The molecular formula is C24H34F3NO8. The molecule has 1 heterocycles. The number of halogens is 3. The largest absolute Gasteiger partial charge is 0.493 e. The Bertz CT molecular complexity index is 875. The fraction of sp³-hybridized carbons (Fsp3) is 0.667. The molecule has 0 saturated heterocycles. The SMILES string of the molecule is COc1ccnc(C(=O)C[C@@H](C)C(=O)O[C@@H](C(C)C)[C@H](C)OCCCC(F)(F)F)c1OCOC(C)=O. The van der Waals surface area contributed by atoms with Gasteiger partial charge < -0.3 is 23.7 Å². The van der Waals surface area contributed by atoms with E-state index in [1.807, 2.05) is 0 Å². The second kappa shape index (κ2) is 14.6. The number of esters is 2. The number of carbonyl (C=O) groups excluding carboxylic acids is 3. The summed E-state index contributed by atoms with van der Waals surface area (Å²) in [6.07, 6.45) is -5.73. The molecule has 1 aromatic heterocycles. The average Bonchev–Trinajstić information content (AvgIpc) is 2.78. The van der Waals surface area contributed by atoms with Crippen LogP contribution in [0.2, 0.25) is 0 Å². The highest BCUT2D eigenvalue weighted by atomic mass is 19.4. The van der Waals surface area contributed by atoms with Crippen molar-refractivity contribution in [1.82, 2.24) is 4.98 Å². The molecule has 0 fully saturated rings. The van der Waals surface area contributed by atoms with Crippen LogP contribution in [-0.2, 0) is 23.8 Å². The highest BCUT2D eigenvalue weighted by Crippen LogP contribution is 2.31. The van der Waals surface area contributed by atoms with E-state index in [2.05, 4.69) is 4.98 Å². The lowest BCUT2D eigenvalue weighted by molar-refractivity contribution is -0.166. The lowest BCUT2D eigenvalue weighted by atomic mass is 10.00. The summed E-state index contributed by atoms with van der Waals surface area (Å²) in [5.41, 5.74) is -0.108. The first kappa shape index (κ1) is 31.1. The third-order valence-electron chi connectivity index (χ3n) is 5.07. The quantitative estimate of drug-likeness (QED) is 0.142. The number of hydrogen-bond donors (Lipinski definition) is 0. The molecule has 0 aliphatic carbocycles. The maximum absolute atomic E-state index is 12.9. The monoisotopic (exact) mass is 521 g/mol. The van der Waals surface area contributed by atoms with Crippen LogP contribution in [0.3, 0.4) is 0 Å². The highest BCUT2D eigenvalue weighted by Gasteiger charge is 2.31. The Labute approximate surface area is 208 Å². The maximum atomic E-state index is 12.9. The van der Waals surface area contributed by atoms with Gasteiger partial charge >= 0.3 is 18.1 Å². The predicted molar refractivity (Wildman–Crippen MR) is 122 cm³/mol. The van der Waals surface area contributed by atoms with Crippen molar-refractivity contribution in [2.75, 3.05) is 20.5 Å². The predicted octanol–water partition coefficient (Wildman–Crippen LogP) is 4.51. The van der Waals surface area contributed by atoms with Crippen molar-refractivity contribution in [3.05, 3.63) is 18.0 Å². The molecule has 12 heteroatoms. The number of aromatic nitrogens is 1.